The van der Waals surface area contributed by atoms with Crippen LogP contribution in [0.3, 0.4) is 0 Å². The topological polar surface area (TPSA) is 322 Å². The molecule has 2 fully saturated rings. The van der Waals surface area contributed by atoms with Gasteiger partial charge < -0.3 is 56.1 Å². The fourth-order valence-electron chi connectivity index (χ4n) is 4.21. The molecule has 2 aliphatic rings. The lowest BCUT2D eigenvalue weighted by Gasteiger charge is -2.19. The molecule has 20 nitrogen and oxygen atoms in total. The van der Waals surface area contributed by atoms with Crippen LogP contribution < -0.4 is 28.2 Å². The minimum atomic E-state index is -1.48. The zero-order valence-electron chi connectivity index (χ0n) is 21.6. The number of carbonyl (C=O) groups is 1. The van der Waals surface area contributed by atoms with E-state index in [1.165, 1.54) is 0 Å². The Hall–Kier alpha value is -3.73. The molecule has 0 aromatic carbocycles. The molecule has 0 bridgehead atoms. The average molecular weight is 606 g/mol. The Balaban J connectivity index is 0.000000240. The smallest absolute Gasteiger partial charge is 0.333 e. The molecular weight excluding hydrogens is 574 g/mol. The summed E-state index contributed by atoms with van der Waals surface area (Å²) in [6, 6.07) is -0.193. The van der Waals surface area contributed by atoms with Gasteiger partial charge in [0.1, 0.15) is 42.7 Å². The molecule has 9 atom stereocenters. The Morgan fingerprint density at radius 2 is 1.45 bits per heavy atom. The number of nitrogens with one attached hydrogen (secondary N) is 1. The lowest BCUT2D eigenvalue weighted by molar-refractivity contribution is -0.138. The Kier molecular flexibility index (Phi) is 10.5. The zero-order chi connectivity index (χ0) is 31.5. The molecule has 0 radical (unpaired) electrons. The maximum atomic E-state index is 12.4. The molecule has 0 saturated carbocycles. The number of hydrogen-bond donors (Lipinski definition) is 10. The molecular formula is C22H31N5O15. The van der Waals surface area contributed by atoms with E-state index in [9.17, 15) is 49.5 Å². The lowest BCUT2D eigenvalue weighted by atomic mass is 10.1. The highest BCUT2D eigenvalue weighted by atomic mass is 16.6. The van der Waals surface area contributed by atoms with Gasteiger partial charge in [0.05, 0.1) is 19.4 Å². The maximum Gasteiger partial charge on any atom is 0.333 e. The van der Waals surface area contributed by atoms with Gasteiger partial charge in [0.25, 0.3) is 11.1 Å². The number of aliphatic carboxylic acids is 1. The third kappa shape index (κ3) is 6.67. The van der Waals surface area contributed by atoms with Crippen LogP contribution in [0.5, 0.6) is 5.75 Å². The van der Waals surface area contributed by atoms with E-state index < -0.39 is 103 Å². The average Bonchev–Trinajstić information content (AvgIpc) is 3.40. The second-order valence-corrected chi connectivity index (χ2v) is 9.37. The van der Waals surface area contributed by atoms with Crippen LogP contribution in [0, 0.1) is 0 Å². The number of ether oxygens (including phenoxy) is 2. The third-order valence-electron chi connectivity index (χ3n) is 6.61. The number of rotatable bonds is 8. The maximum absolute atomic E-state index is 12.4. The molecule has 4 rings (SSSR count). The van der Waals surface area contributed by atoms with Crippen molar-refractivity contribution < 1.29 is 55.1 Å². The minimum absolute atomic E-state index is 0.148. The van der Waals surface area contributed by atoms with Gasteiger partial charge in [-0.1, -0.05) is 0 Å². The molecule has 2 aliphatic heterocycles. The molecule has 42 heavy (non-hydrogen) atoms. The molecule has 0 spiro atoms. The number of aromatic hydroxyl groups is 1. The number of aliphatic hydroxyl groups is 6. The number of aliphatic hydroxyl groups excluding tert-OH is 6. The lowest BCUT2D eigenvalue weighted by Crippen LogP contribution is -2.44. The normalized spacial score (nSPS) is 29.6. The molecule has 2 aromatic heterocycles. The van der Waals surface area contributed by atoms with Crippen molar-refractivity contribution in [3.63, 3.8) is 0 Å². The van der Waals surface area contributed by atoms with E-state index in [4.69, 9.17) is 30.5 Å². The molecule has 20 heteroatoms. The van der Waals surface area contributed by atoms with Gasteiger partial charge >= 0.3 is 17.3 Å². The summed E-state index contributed by atoms with van der Waals surface area (Å²) >= 11 is 0. The highest BCUT2D eigenvalue weighted by molar-refractivity contribution is 5.72. The zero-order valence-corrected chi connectivity index (χ0v) is 21.6. The number of aromatic amines is 1. The van der Waals surface area contributed by atoms with Gasteiger partial charge in [-0.25, -0.2) is 9.59 Å². The summed E-state index contributed by atoms with van der Waals surface area (Å²) in [6.45, 7) is -1.34. The number of carboxylic acids is 1. The number of carboxylic acid groups (broad SMARTS) is 1. The SMILES string of the molecule is NC(CCn1c(=O)ccn([C@@H]2O[C@H](CO)[C@@H](O)[C@H]2O)c1=O)C(=O)O.O=c1[nH]c(=O)n([C@@H]2O[C@H](CO)[C@@H](O)[C@H]2O)cc1O. The largest absolute Gasteiger partial charge is 0.502 e. The standard InChI is InChI=1S/C13H19N3O8.C9H12N2O7/c14-6(12(21)22)1-3-15-8(18)2-4-16(13(15)23)11-10(20)9(19)7(5-17)24-11;12-2-4-5(14)6(15)8(18-4)11-1-3(13)7(16)10-9(11)17/h2,4,6-7,9-11,17,19-20H,1,3,5,14H2,(H,21,22);1,4-6,8,12-15H,2H2,(H,10,16,17)/t6?,7-,9-,10-,11-;4-,5-,6-,8-/m11/s1. The first kappa shape index (κ1) is 32.8. The first-order valence-corrected chi connectivity index (χ1v) is 12.3. The fraction of sp³-hybridized carbons (Fsp3) is 0.591. The fourth-order valence-corrected chi connectivity index (χ4v) is 4.21. The monoisotopic (exact) mass is 605 g/mol. The van der Waals surface area contributed by atoms with E-state index in [0.29, 0.717) is 0 Å². The molecule has 234 valence electrons. The molecule has 11 N–H and O–H groups in total. The molecule has 2 saturated heterocycles. The van der Waals surface area contributed by atoms with E-state index in [-0.39, 0.29) is 13.0 Å². The van der Waals surface area contributed by atoms with Gasteiger partial charge in [-0.2, -0.15) is 0 Å². The van der Waals surface area contributed by atoms with E-state index in [1.54, 1.807) is 0 Å². The van der Waals surface area contributed by atoms with E-state index in [2.05, 4.69) is 0 Å². The van der Waals surface area contributed by atoms with Crippen molar-refractivity contribution in [1.29, 1.82) is 0 Å². The summed E-state index contributed by atoms with van der Waals surface area (Å²) in [6.07, 6.45) is -8.68. The van der Waals surface area contributed by atoms with E-state index in [1.807, 2.05) is 4.98 Å². The van der Waals surface area contributed by atoms with Gasteiger partial charge in [0.2, 0.25) is 0 Å². The molecule has 0 amide bonds. The van der Waals surface area contributed by atoms with Crippen molar-refractivity contribution in [3.05, 3.63) is 60.1 Å². The van der Waals surface area contributed by atoms with Crippen LogP contribution in [0.15, 0.2) is 37.6 Å². The van der Waals surface area contributed by atoms with Crippen LogP contribution in [0.2, 0.25) is 0 Å². The van der Waals surface area contributed by atoms with Crippen LogP contribution in [0.25, 0.3) is 0 Å². The van der Waals surface area contributed by atoms with Gasteiger partial charge in [-0.15, -0.1) is 0 Å². The highest BCUT2D eigenvalue weighted by Crippen LogP contribution is 2.29. The first-order valence-electron chi connectivity index (χ1n) is 12.3. The molecule has 0 aliphatic carbocycles. The number of hydrogen-bond acceptors (Lipinski definition) is 15. The van der Waals surface area contributed by atoms with E-state index in [0.717, 1.165) is 32.2 Å². The first-order chi connectivity index (χ1) is 19.7. The predicted molar refractivity (Wildman–Crippen MR) is 134 cm³/mol. The van der Waals surface area contributed by atoms with Crippen molar-refractivity contribution in [2.24, 2.45) is 5.73 Å². The Morgan fingerprint density at radius 1 is 0.929 bits per heavy atom. The summed E-state index contributed by atoms with van der Waals surface area (Å²) < 4.78 is 12.7. The quantitative estimate of drug-likeness (QED) is 0.134. The minimum Gasteiger partial charge on any atom is -0.502 e. The van der Waals surface area contributed by atoms with Gasteiger partial charge in [0.15, 0.2) is 18.2 Å². The summed E-state index contributed by atoms with van der Waals surface area (Å²) in [7, 11) is 0. The van der Waals surface area contributed by atoms with Gasteiger partial charge in [0, 0.05) is 18.8 Å². The summed E-state index contributed by atoms with van der Waals surface area (Å²) in [4.78, 5) is 59.2. The Labute approximate surface area is 233 Å². The Morgan fingerprint density at radius 3 is 1.93 bits per heavy atom. The molecule has 1 unspecified atom stereocenters. The van der Waals surface area contributed by atoms with Gasteiger partial charge in [-0.3, -0.25) is 33.1 Å². The number of aromatic nitrogens is 4. The third-order valence-corrected chi connectivity index (χ3v) is 6.61. The summed E-state index contributed by atoms with van der Waals surface area (Å²) in [5.41, 5.74) is 1.95. The van der Waals surface area contributed by atoms with Crippen LogP contribution in [-0.4, -0.2) is 121 Å². The van der Waals surface area contributed by atoms with Crippen molar-refractivity contribution in [3.8, 4) is 5.75 Å². The van der Waals surface area contributed by atoms with Crippen molar-refractivity contribution in [1.82, 2.24) is 18.7 Å². The van der Waals surface area contributed by atoms with Crippen LogP contribution in [0.4, 0.5) is 0 Å². The Bertz CT molecular complexity index is 1480. The van der Waals surface area contributed by atoms with Crippen molar-refractivity contribution in [2.75, 3.05) is 13.2 Å². The predicted octanol–water partition coefficient (Wildman–Crippen LogP) is -6.72. The number of nitrogens with two attached hydrogens (primary N) is 1. The molecule has 4 heterocycles. The second-order valence-electron chi connectivity index (χ2n) is 9.37. The van der Waals surface area contributed by atoms with Crippen molar-refractivity contribution >= 4 is 5.97 Å². The van der Waals surface area contributed by atoms with Gasteiger partial charge in [-0.05, 0) is 6.42 Å². The van der Waals surface area contributed by atoms with Crippen LogP contribution in [0.1, 0.15) is 18.9 Å². The van der Waals surface area contributed by atoms with Crippen molar-refractivity contribution in [2.45, 2.75) is 68.1 Å². The summed E-state index contributed by atoms with van der Waals surface area (Å²) in [5, 5.41) is 74.8. The second kappa shape index (κ2) is 13.5. The number of nitrogens with zero attached hydrogens (tertiary/aromatic N) is 3. The van der Waals surface area contributed by atoms with Crippen LogP contribution in [-0.2, 0) is 20.8 Å². The molecule has 2 aromatic rings. The van der Waals surface area contributed by atoms with E-state index >= 15 is 0 Å². The van der Waals surface area contributed by atoms with Crippen LogP contribution >= 0.6 is 0 Å². The number of H-pyrrole nitrogens is 1. The highest BCUT2D eigenvalue weighted by Gasteiger charge is 2.45. The summed E-state index contributed by atoms with van der Waals surface area (Å²) in [5.74, 6) is -1.99.